The van der Waals surface area contributed by atoms with Crippen molar-refractivity contribution in [3.05, 3.63) is 36.4 Å². The van der Waals surface area contributed by atoms with Crippen LogP contribution < -0.4 is 16.0 Å². The molecule has 1 unspecified atom stereocenters. The molecule has 21 heavy (non-hydrogen) atoms. The molecule has 0 saturated carbocycles. The summed E-state index contributed by atoms with van der Waals surface area (Å²) in [5, 5.41) is 17.1. The van der Waals surface area contributed by atoms with Crippen molar-refractivity contribution in [2.24, 2.45) is 5.84 Å². The van der Waals surface area contributed by atoms with E-state index in [1.54, 1.807) is 13.0 Å². The summed E-state index contributed by atoms with van der Waals surface area (Å²) in [5.41, 5.74) is 4.16. The van der Waals surface area contributed by atoms with Crippen LogP contribution in [-0.2, 0) is 0 Å². The Morgan fingerprint density at radius 1 is 1.24 bits per heavy atom. The highest BCUT2D eigenvalue weighted by molar-refractivity contribution is 5.85. The van der Waals surface area contributed by atoms with Crippen LogP contribution in [0.4, 0.5) is 5.82 Å². The summed E-state index contributed by atoms with van der Waals surface area (Å²) >= 11 is 0. The molecule has 0 bridgehead atoms. The minimum Gasteiger partial charge on any atom is -0.473 e. The average Bonchev–Trinajstić information content (AvgIpc) is 2.46. The van der Waals surface area contributed by atoms with Crippen LogP contribution in [0.1, 0.15) is 6.92 Å². The Bertz CT molecular complexity index is 541. The van der Waals surface area contributed by atoms with E-state index in [0.29, 0.717) is 11.7 Å². The number of aliphatic hydroxyl groups is 1. The Balaban J connectivity index is 0.00000200. The molecule has 0 aliphatic rings. The first-order valence-electron chi connectivity index (χ1n) is 5.91. The number of hydrogen-bond donors (Lipinski definition) is 3. The van der Waals surface area contributed by atoms with Gasteiger partial charge in [-0.05, 0) is 18.6 Å². The number of halogens is 2. The molecule has 0 radical (unpaired) electrons. The second-order valence-corrected chi connectivity index (χ2v) is 4.12. The average molecular weight is 333 g/mol. The first-order chi connectivity index (χ1) is 9.20. The predicted octanol–water partition coefficient (Wildman–Crippen LogP) is 2.03. The second kappa shape index (κ2) is 9.36. The van der Waals surface area contributed by atoms with Gasteiger partial charge in [-0.1, -0.05) is 30.3 Å². The van der Waals surface area contributed by atoms with Gasteiger partial charge in [-0.3, -0.25) is 0 Å². The van der Waals surface area contributed by atoms with E-state index in [0.717, 1.165) is 11.1 Å². The number of aromatic nitrogens is 2. The summed E-state index contributed by atoms with van der Waals surface area (Å²) in [6.45, 7) is 1.80. The van der Waals surface area contributed by atoms with Gasteiger partial charge in [-0.2, -0.15) is 0 Å². The van der Waals surface area contributed by atoms with Gasteiger partial charge < -0.3 is 15.3 Å². The molecule has 8 heteroatoms. The van der Waals surface area contributed by atoms with E-state index in [9.17, 15) is 5.11 Å². The van der Waals surface area contributed by atoms with E-state index in [-0.39, 0.29) is 31.4 Å². The molecule has 2 aromatic rings. The summed E-state index contributed by atoms with van der Waals surface area (Å²) in [7, 11) is 0. The van der Waals surface area contributed by atoms with Gasteiger partial charge in [0.25, 0.3) is 0 Å². The minimum atomic E-state index is -0.572. The lowest BCUT2D eigenvalue weighted by Gasteiger charge is -2.12. The van der Waals surface area contributed by atoms with E-state index in [2.05, 4.69) is 15.6 Å². The van der Waals surface area contributed by atoms with E-state index in [1.165, 1.54) is 0 Å². The van der Waals surface area contributed by atoms with Crippen LogP contribution in [0.3, 0.4) is 0 Å². The van der Waals surface area contributed by atoms with Crippen molar-refractivity contribution < 1.29 is 9.84 Å². The number of hydrazine groups is 1. The van der Waals surface area contributed by atoms with Gasteiger partial charge in [0.15, 0.2) is 5.82 Å². The maximum absolute atomic E-state index is 9.27. The Kier molecular flexibility index (Phi) is 8.64. The van der Waals surface area contributed by atoms with Gasteiger partial charge in [0.05, 0.1) is 6.10 Å². The van der Waals surface area contributed by atoms with Crippen LogP contribution in [0.2, 0.25) is 0 Å². The van der Waals surface area contributed by atoms with E-state index in [1.807, 2.05) is 30.3 Å². The van der Waals surface area contributed by atoms with Gasteiger partial charge in [-0.15, -0.1) is 35.0 Å². The fourth-order valence-electron chi connectivity index (χ4n) is 1.58. The number of nitrogens with zero attached hydrogens (tertiary/aromatic N) is 2. The van der Waals surface area contributed by atoms with Crippen LogP contribution in [0, 0.1) is 0 Å². The molecule has 0 spiro atoms. The lowest BCUT2D eigenvalue weighted by molar-refractivity contribution is 0.119. The number of ether oxygens (including phenoxy) is 1. The molecule has 0 fully saturated rings. The van der Waals surface area contributed by atoms with Crippen molar-refractivity contribution in [2.45, 2.75) is 13.0 Å². The molecule has 1 atom stereocenters. The number of nitrogens with two attached hydrogens (primary N) is 1. The van der Waals surface area contributed by atoms with Crippen LogP contribution >= 0.6 is 24.8 Å². The maximum atomic E-state index is 9.27. The fourth-order valence-corrected chi connectivity index (χ4v) is 1.58. The van der Waals surface area contributed by atoms with Crippen molar-refractivity contribution in [3.8, 4) is 17.0 Å². The van der Waals surface area contributed by atoms with Crippen molar-refractivity contribution in [3.63, 3.8) is 0 Å². The molecular formula is C13H18Cl2N4O2. The van der Waals surface area contributed by atoms with Gasteiger partial charge >= 0.3 is 0 Å². The van der Waals surface area contributed by atoms with E-state index >= 15 is 0 Å². The number of aliphatic hydroxyl groups excluding tert-OH is 1. The van der Waals surface area contributed by atoms with Crippen molar-refractivity contribution in [2.75, 3.05) is 12.0 Å². The Morgan fingerprint density at radius 2 is 1.90 bits per heavy atom. The molecule has 4 N–H and O–H groups in total. The van der Waals surface area contributed by atoms with Gasteiger partial charge in [0.1, 0.15) is 6.61 Å². The van der Waals surface area contributed by atoms with E-state index < -0.39 is 6.10 Å². The Morgan fingerprint density at radius 3 is 2.48 bits per heavy atom. The lowest BCUT2D eigenvalue weighted by Crippen LogP contribution is -2.15. The third kappa shape index (κ3) is 5.35. The van der Waals surface area contributed by atoms with Crippen LogP contribution in [0.25, 0.3) is 11.1 Å². The van der Waals surface area contributed by atoms with E-state index in [4.69, 9.17) is 10.6 Å². The summed E-state index contributed by atoms with van der Waals surface area (Å²) < 4.78 is 5.46. The first-order valence-corrected chi connectivity index (χ1v) is 5.91. The molecule has 0 aliphatic carbocycles. The van der Waals surface area contributed by atoms with Crippen molar-refractivity contribution in [1.29, 1.82) is 0 Å². The van der Waals surface area contributed by atoms with Gasteiger partial charge in [-0.25, -0.2) is 5.84 Å². The molecule has 2 rings (SSSR count). The zero-order valence-corrected chi connectivity index (χ0v) is 13.0. The standard InChI is InChI=1S/C13H16N4O2.2ClH/c1-9(18)8-19-13-11(7-12(15-14)16-17-13)10-5-3-2-4-6-10;;/h2-7,9,18H,8,14H2,1H3,(H,15,16);2*1H. The monoisotopic (exact) mass is 332 g/mol. The SMILES string of the molecule is CC(O)COc1nnc(NN)cc1-c1ccccc1.Cl.Cl. The minimum absolute atomic E-state index is 0. The van der Waals surface area contributed by atoms with Crippen LogP contribution in [0.15, 0.2) is 36.4 Å². The summed E-state index contributed by atoms with van der Waals surface area (Å²) in [4.78, 5) is 0. The number of rotatable bonds is 5. The highest BCUT2D eigenvalue weighted by atomic mass is 35.5. The zero-order valence-electron chi connectivity index (χ0n) is 11.4. The summed E-state index contributed by atoms with van der Waals surface area (Å²) in [5.74, 6) is 6.15. The number of hydrogen-bond acceptors (Lipinski definition) is 6. The normalized spacial score (nSPS) is 10.8. The predicted molar refractivity (Wildman–Crippen MR) is 86.9 cm³/mol. The number of anilines is 1. The maximum Gasteiger partial charge on any atom is 0.241 e. The zero-order chi connectivity index (χ0) is 13.7. The summed E-state index contributed by atoms with van der Waals surface area (Å²) in [6, 6.07) is 11.4. The van der Waals surface area contributed by atoms with Gasteiger partial charge in [0.2, 0.25) is 5.88 Å². The second-order valence-electron chi connectivity index (χ2n) is 4.12. The third-order valence-corrected chi connectivity index (χ3v) is 2.45. The van der Waals surface area contributed by atoms with Gasteiger partial charge in [0, 0.05) is 5.56 Å². The highest BCUT2D eigenvalue weighted by Gasteiger charge is 2.11. The molecule has 1 aromatic carbocycles. The fraction of sp³-hybridized carbons (Fsp3) is 0.231. The highest BCUT2D eigenvalue weighted by Crippen LogP contribution is 2.29. The smallest absolute Gasteiger partial charge is 0.241 e. The largest absolute Gasteiger partial charge is 0.473 e. The van der Waals surface area contributed by atoms with Crippen molar-refractivity contribution >= 4 is 30.6 Å². The number of nitrogens with one attached hydrogen (secondary N) is 1. The Labute approximate surface area is 135 Å². The first kappa shape index (κ1) is 19.4. The number of nitrogen functional groups attached to an aromatic ring is 1. The quantitative estimate of drug-likeness (QED) is 0.573. The topological polar surface area (TPSA) is 93.3 Å². The molecule has 6 nitrogen and oxygen atoms in total. The molecule has 0 aliphatic heterocycles. The molecule has 116 valence electrons. The molecule has 1 heterocycles. The van der Waals surface area contributed by atoms with Crippen LogP contribution in [0.5, 0.6) is 5.88 Å². The molecular weight excluding hydrogens is 315 g/mol. The number of benzene rings is 1. The Hall–Kier alpha value is -1.60. The molecule has 0 amide bonds. The van der Waals surface area contributed by atoms with Crippen LogP contribution in [-0.4, -0.2) is 28.0 Å². The third-order valence-electron chi connectivity index (χ3n) is 2.45. The van der Waals surface area contributed by atoms with Crippen molar-refractivity contribution in [1.82, 2.24) is 10.2 Å². The summed E-state index contributed by atoms with van der Waals surface area (Å²) in [6.07, 6.45) is -0.572. The molecule has 1 aromatic heterocycles. The molecule has 0 saturated heterocycles. The lowest BCUT2D eigenvalue weighted by atomic mass is 10.1.